The summed E-state index contributed by atoms with van der Waals surface area (Å²) in [5.41, 5.74) is 8.80. The first-order chi connectivity index (χ1) is 21.2. The van der Waals surface area contributed by atoms with Crippen LogP contribution in [0.5, 0.6) is 0 Å². The summed E-state index contributed by atoms with van der Waals surface area (Å²) in [5, 5.41) is 7.98. The van der Waals surface area contributed by atoms with Gasteiger partial charge in [-0.05, 0) is 92.9 Å². The van der Waals surface area contributed by atoms with Crippen LogP contribution in [-0.4, -0.2) is 24.4 Å². The minimum Gasteiger partial charge on any atom is -0.381 e. The van der Waals surface area contributed by atoms with Crippen LogP contribution in [0.4, 0.5) is 0 Å². The smallest absolute Gasteiger partial charge is 0.148 e. The van der Waals surface area contributed by atoms with Crippen molar-refractivity contribution < 1.29 is 0 Å². The van der Waals surface area contributed by atoms with Crippen molar-refractivity contribution >= 4 is 47.7 Å². The molecule has 0 spiro atoms. The number of hydrogen-bond acceptors (Lipinski definition) is 3. The first-order valence-corrected chi connectivity index (χ1v) is 17.8. The molecule has 1 nitrogen and oxygen atoms in total. The molecule has 1 saturated heterocycles. The molecule has 8 rings (SSSR count). The molecule has 2 aliphatic heterocycles. The molecule has 0 bridgehead atoms. The number of benzene rings is 2. The summed E-state index contributed by atoms with van der Waals surface area (Å²) in [4.78, 5) is 3.06. The second kappa shape index (κ2) is 11.8. The van der Waals surface area contributed by atoms with Gasteiger partial charge < -0.3 is 5.32 Å². The maximum absolute atomic E-state index is 4.07. The molecule has 2 aromatic carbocycles. The van der Waals surface area contributed by atoms with Crippen molar-refractivity contribution in [2.24, 2.45) is 11.8 Å². The van der Waals surface area contributed by atoms with E-state index in [4.69, 9.17) is 0 Å². The van der Waals surface area contributed by atoms with Crippen molar-refractivity contribution in [1.29, 1.82) is 0 Å². The summed E-state index contributed by atoms with van der Waals surface area (Å²) < 4.78 is 0. The zero-order valence-corrected chi connectivity index (χ0v) is 26.5. The molecule has 5 unspecified atom stereocenters. The van der Waals surface area contributed by atoms with E-state index in [2.05, 4.69) is 146 Å². The number of allylic oxidation sites excluding steroid dienone is 14. The first kappa shape index (κ1) is 27.5. The number of nitrogens with one attached hydrogen (secondary N) is 1. The minimum atomic E-state index is 0.469. The molecule has 2 aromatic rings. The number of aryl methyl sites for hydroxylation is 1. The van der Waals surface area contributed by atoms with Gasteiger partial charge in [-0.3, -0.25) is 0 Å². The number of thioether (sulfide) groups is 2. The van der Waals surface area contributed by atoms with Gasteiger partial charge in [-0.1, -0.05) is 103 Å². The Hall–Kier alpha value is -3.08. The summed E-state index contributed by atoms with van der Waals surface area (Å²) >= 11 is 4.21. The SMILES string of the molecule is BC1=C(c2c(CCCC3SC4=CC=CCC4C3NC3=CCC4C=CC=CC4=C3)ccc3ccccc23)C2=CC=CCC2S1. The fourth-order valence-electron chi connectivity index (χ4n) is 7.85. The van der Waals surface area contributed by atoms with Gasteiger partial charge >= 0.3 is 0 Å². The van der Waals surface area contributed by atoms with Crippen LogP contribution in [0, 0.1) is 11.8 Å². The van der Waals surface area contributed by atoms with Crippen LogP contribution in [0.1, 0.15) is 43.2 Å². The average molecular weight is 596 g/mol. The quantitative estimate of drug-likeness (QED) is 0.321. The standard InChI is InChI=1S/C39H38BNS2/c40-39-37(31-15-5-7-17-33(31)43-39)36-27(21-20-26-11-3-4-14-30(26)36)13-9-19-35-38(32-16-6-8-18-34(32)42-35)41-29-23-22-25-10-1-2-12-28(25)24-29/h1-8,10-12,14-15,18,20-21,23-25,32-33,35,38,41H,9,13,16-17,19,22,40H2. The number of hydrogen-bond donors (Lipinski definition) is 1. The largest absolute Gasteiger partial charge is 0.381 e. The third-order valence-electron chi connectivity index (χ3n) is 9.96. The van der Waals surface area contributed by atoms with Gasteiger partial charge in [0.1, 0.15) is 7.85 Å². The molecule has 0 saturated carbocycles. The molecular formula is C39H38BNS2. The molecule has 6 aliphatic rings. The van der Waals surface area contributed by atoms with E-state index in [0.717, 1.165) is 25.7 Å². The van der Waals surface area contributed by atoms with E-state index in [1.165, 1.54) is 62.0 Å². The van der Waals surface area contributed by atoms with E-state index in [9.17, 15) is 0 Å². The highest BCUT2D eigenvalue weighted by Gasteiger charge is 2.40. The van der Waals surface area contributed by atoms with Crippen LogP contribution in [0.15, 0.2) is 136 Å². The molecule has 43 heavy (non-hydrogen) atoms. The van der Waals surface area contributed by atoms with Crippen molar-refractivity contribution in [3.63, 3.8) is 0 Å². The van der Waals surface area contributed by atoms with Crippen LogP contribution >= 0.6 is 23.5 Å². The van der Waals surface area contributed by atoms with E-state index in [1.807, 2.05) is 0 Å². The maximum atomic E-state index is 4.07. The Morgan fingerprint density at radius 1 is 0.907 bits per heavy atom. The molecular weight excluding hydrogens is 557 g/mol. The van der Waals surface area contributed by atoms with Gasteiger partial charge in [0.25, 0.3) is 0 Å². The predicted octanol–water partition coefficient (Wildman–Crippen LogP) is 8.96. The predicted molar refractivity (Wildman–Crippen MR) is 192 cm³/mol. The van der Waals surface area contributed by atoms with Gasteiger partial charge in [-0.15, -0.1) is 23.5 Å². The van der Waals surface area contributed by atoms with Crippen LogP contribution in [0.2, 0.25) is 0 Å². The van der Waals surface area contributed by atoms with Crippen LogP contribution < -0.4 is 5.32 Å². The van der Waals surface area contributed by atoms with Crippen LogP contribution in [0.3, 0.4) is 0 Å². The Morgan fingerprint density at radius 2 is 1.81 bits per heavy atom. The minimum absolute atomic E-state index is 0.469. The Balaban J connectivity index is 1.05. The van der Waals surface area contributed by atoms with Gasteiger partial charge in [0.2, 0.25) is 0 Å². The molecule has 0 aromatic heterocycles. The number of rotatable bonds is 7. The highest BCUT2D eigenvalue weighted by molar-refractivity contribution is 8.05. The Bertz CT molecular complexity index is 1750. The Labute approximate surface area is 265 Å². The van der Waals surface area contributed by atoms with Crippen molar-refractivity contribution in [3.8, 4) is 0 Å². The molecule has 4 heteroatoms. The topological polar surface area (TPSA) is 12.0 Å². The van der Waals surface area contributed by atoms with Crippen LogP contribution in [0.25, 0.3) is 16.3 Å². The molecule has 1 N–H and O–H groups in total. The normalized spacial score (nSPS) is 28.7. The van der Waals surface area contributed by atoms with Crippen molar-refractivity contribution in [2.75, 3.05) is 0 Å². The lowest BCUT2D eigenvalue weighted by Gasteiger charge is -2.29. The molecule has 4 aliphatic carbocycles. The zero-order valence-electron chi connectivity index (χ0n) is 24.8. The fraction of sp³-hybridized carbons (Fsp3) is 0.282. The van der Waals surface area contributed by atoms with E-state index in [1.54, 1.807) is 4.91 Å². The van der Waals surface area contributed by atoms with E-state index < -0.39 is 0 Å². The second-order valence-corrected chi connectivity index (χ2v) is 15.3. The Kier molecular flexibility index (Phi) is 7.53. The summed E-state index contributed by atoms with van der Waals surface area (Å²) in [7, 11) is 2.34. The molecule has 1 fully saturated rings. The van der Waals surface area contributed by atoms with Gasteiger partial charge in [-0.25, -0.2) is 0 Å². The van der Waals surface area contributed by atoms with Crippen molar-refractivity contribution in [1.82, 2.24) is 5.32 Å². The summed E-state index contributed by atoms with van der Waals surface area (Å²) in [6.45, 7) is 0. The third kappa shape index (κ3) is 5.21. The third-order valence-corrected chi connectivity index (χ3v) is 12.8. The zero-order chi connectivity index (χ0) is 28.8. The van der Waals surface area contributed by atoms with Gasteiger partial charge in [-0.2, -0.15) is 0 Å². The average Bonchev–Trinajstić information content (AvgIpc) is 3.57. The lowest BCUT2D eigenvalue weighted by molar-refractivity contribution is 0.424. The first-order valence-electron chi connectivity index (χ1n) is 16.0. The van der Waals surface area contributed by atoms with Gasteiger partial charge in [0.05, 0.1) is 0 Å². The molecule has 0 radical (unpaired) electrons. The van der Waals surface area contributed by atoms with Crippen molar-refractivity contribution in [2.45, 2.75) is 55.1 Å². The van der Waals surface area contributed by atoms with E-state index in [-0.39, 0.29) is 0 Å². The van der Waals surface area contributed by atoms with E-state index in [0.29, 0.717) is 28.4 Å². The fourth-order valence-corrected chi connectivity index (χ4v) is 10.8. The summed E-state index contributed by atoms with van der Waals surface area (Å²) in [6.07, 6.45) is 34.7. The Morgan fingerprint density at radius 3 is 2.79 bits per heavy atom. The lowest BCUT2D eigenvalue weighted by Crippen LogP contribution is -2.40. The number of fused-ring (bicyclic) bond motifs is 4. The van der Waals surface area contributed by atoms with Crippen LogP contribution in [-0.2, 0) is 6.42 Å². The summed E-state index contributed by atoms with van der Waals surface area (Å²) in [5.74, 6) is 1.13. The molecule has 214 valence electrons. The maximum Gasteiger partial charge on any atom is 0.148 e. The summed E-state index contributed by atoms with van der Waals surface area (Å²) in [6, 6.07) is 14.3. The second-order valence-electron chi connectivity index (χ2n) is 12.6. The highest BCUT2D eigenvalue weighted by atomic mass is 32.2. The molecule has 5 atom stereocenters. The molecule has 2 heterocycles. The van der Waals surface area contributed by atoms with Crippen molar-refractivity contribution in [3.05, 3.63) is 147 Å². The lowest BCUT2D eigenvalue weighted by atomic mass is 9.82. The van der Waals surface area contributed by atoms with E-state index >= 15 is 0 Å². The van der Waals surface area contributed by atoms with Gasteiger partial charge in [0.15, 0.2) is 0 Å². The highest BCUT2D eigenvalue weighted by Crippen LogP contribution is 2.51. The van der Waals surface area contributed by atoms with Gasteiger partial charge in [0, 0.05) is 34.1 Å². The molecule has 0 amide bonds. The monoisotopic (exact) mass is 595 g/mol.